The molecule has 84 valence electrons. The Kier molecular flexibility index (Phi) is 4.34. The van der Waals surface area contributed by atoms with Gasteiger partial charge in [-0.3, -0.25) is 4.79 Å². The lowest BCUT2D eigenvalue weighted by Gasteiger charge is -2.02. The van der Waals surface area contributed by atoms with E-state index in [2.05, 4.69) is 4.74 Å². The van der Waals surface area contributed by atoms with Gasteiger partial charge in [-0.15, -0.1) is 0 Å². The van der Waals surface area contributed by atoms with Crippen molar-refractivity contribution in [1.82, 2.24) is 0 Å². The van der Waals surface area contributed by atoms with Crippen LogP contribution in [0.1, 0.15) is 24.0 Å². The van der Waals surface area contributed by atoms with Crippen LogP contribution in [0.4, 0.5) is 0 Å². The van der Waals surface area contributed by atoms with Crippen LogP contribution in [0.15, 0.2) is 18.2 Å². The fraction of sp³-hybridized carbons (Fsp3) is 0.333. The van der Waals surface area contributed by atoms with Gasteiger partial charge in [0.25, 0.3) is 0 Å². The second-order valence-corrected chi connectivity index (χ2v) is 3.39. The van der Waals surface area contributed by atoms with Crippen LogP contribution >= 0.6 is 0 Å². The predicted octanol–water partition coefficient (Wildman–Crippen LogP) is 1.76. The van der Waals surface area contributed by atoms with E-state index in [1.54, 1.807) is 18.2 Å². The Hall–Kier alpha value is -2.02. The van der Waals surface area contributed by atoms with E-state index in [1.807, 2.05) is 6.07 Å². The van der Waals surface area contributed by atoms with Gasteiger partial charge in [0.1, 0.15) is 11.8 Å². The molecule has 1 rings (SSSR count). The molecule has 0 atom stereocenters. The van der Waals surface area contributed by atoms with Crippen molar-refractivity contribution in [2.75, 3.05) is 7.11 Å². The number of phenols is 1. The minimum Gasteiger partial charge on any atom is -0.507 e. The molecule has 0 aliphatic carbocycles. The third kappa shape index (κ3) is 3.28. The van der Waals surface area contributed by atoms with Gasteiger partial charge in [0, 0.05) is 6.42 Å². The molecule has 0 aliphatic heterocycles. The lowest BCUT2D eigenvalue weighted by molar-refractivity contribution is -0.140. The van der Waals surface area contributed by atoms with E-state index in [9.17, 15) is 9.90 Å². The first-order chi connectivity index (χ1) is 7.67. The van der Waals surface area contributed by atoms with Crippen LogP contribution in [0.5, 0.6) is 5.75 Å². The topological polar surface area (TPSA) is 70.3 Å². The van der Waals surface area contributed by atoms with Gasteiger partial charge in [0.2, 0.25) is 0 Å². The highest BCUT2D eigenvalue weighted by Gasteiger charge is 2.03. The van der Waals surface area contributed by atoms with Gasteiger partial charge in [0.15, 0.2) is 0 Å². The van der Waals surface area contributed by atoms with Crippen LogP contribution < -0.4 is 0 Å². The first-order valence-corrected chi connectivity index (χ1v) is 4.96. The van der Waals surface area contributed by atoms with E-state index in [4.69, 9.17) is 5.26 Å². The largest absolute Gasteiger partial charge is 0.507 e. The van der Waals surface area contributed by atoms with Gasteiger partial charge in [0.05, 0.1) is 12.7 Å². The number of carbonyl (C=O) groups is 1. The lowest BCUT2D eigenvalue weighted by atomic mass is 10.1. The molecule has 0 heterocycles. The number of rotatable bonds is 4. The van der Waals surface area contributed by atoms with Crippen molar-refractivity contribution in [3.05, 3.63) is 29.3 Å². The highest BCUT2D eigenvalue weighted by molar-refractivity contribution is 5.69. The van der Waals surface area contributed by atoms with Crippen molar-refractivity contribution in [2.45, 2.75) is 19.3 Å². The van der Waals surface area contributed by atoms with Crippen molar-refractivity contribution >= 4 is 5.97 Å². The summed E-state index contributed by atoms with van der Waals surface area (Å²) in [5, 5.41) is 18.1. The SMILES string of the molecule is COC(=O)CCCc1ccc(C#N)c(O)c1. The monoisotopic (exact) mass is 219 g/mol. The molecule has 0 unspecified atom stereocenters. The van der Waals surface area contributed by atoms with Crippen molar-refractivity contribution in [3.63, 3.8) is 0 Å². The number of carbonyl (C=O) groups excluding carboxylic acids is 1. The van der Waals surface area contributed by atoms with Gasteiger partial charge in [-0.05, 0) is 30.5 Å². The van der Waals surface area contributed by atoms with Crippen LogP contribution in [0.25, 0.3) is 0 Å². The Labute approximate surface area is 94.1 Å². The average Bonchev–Trinajstić information content (AvgIpc) is 2.29. The third-order valence-electron chi connectivity index (χ3n) is 2.26. The summed E-state index contributed by atoms with van der Waals surface area (Å²) in [5.41, 5.74) is 1.16. The molecule has 4 nitrogen and oxygen atoms in total. The molecule has 0 radical (unpaired) electrons. The van der Waals surface area contributed by atoms with Gasteiger partial charge in [-0.1, -0.05) is 6.07 Å². The molecule has 1 aromatic rings. The van der Waals surface area contributed by atoms with E-state index in [0.29, 0.717) is 19.3 Å². The molecule has 0 amide bonds. The maximum absolute atomic E-state index is 10.9. The second-order valence-electron chi connectivity index (χ2n) is 3.39. The molecule has 0 saturated carbocycles. The Morgan fingerprint density at radius 3 is 2.88 bits per heavy atom. The first-order valence-electron chi connectivity index (χ1n) is 4.96. The van der Waals surface area contributed by atoms with Crippen LogP contribution in [0.3, 0.4) is 0 Å². The predicted molar refractivity (Wildman–Crippen MR) is 57.8 cm³/mol. The minimum absolute atomic E-state index is 0.0157. The molecule has 0 aromatic heterocycles. The number of esters is 1. The van der Waals surface area contributed by atoms with Crippen LogP contribution in [-0.4, -0.2) is 18.2 Å². The average molecular weight is 219 g/mol. The number of aryl methyl sites for hydroxylation is 1. The summed E-state index contributed by atoms with van der Waals surface area (Å²) in [6.45, 7) is 0. The molecule has 16 heavy (non-hydrogen) atoms. The van der Waals surface area contributed by atoms with Crippen molar-refractivity contribution in [1.29, 1.82) is 5.26 Å². The molecule has 1 N–H and O–H groups in total. The van der Waals surface area contributed by atoms with E-state index >= 15 is 0 Å². The quantitative estimate of drug-likeness (QED) is 0.783. The number of hydrogen-bond donors (Lipinski definition) is 1. The van der Waals surface area contributed by atoms with E-state index in [1.165, 1.54) is 7.11 Å². The standard InChI is InChI=1S/C12H13NO3/c1-16-12(15)4-2-3-9-5-6-10(8-13)11(14)7-9/h5-7,14H,2-4H2,1H3. The fourth-order valence-electron chi connectivity index (χ4n) is 1.37. The van der Waals surface area contributed by atoms with Crippen LogP contribution in [0, 0.1) is 11.3 Å². The van der Waals surface area contributed by atoms with Gasteiger partial charge >= 0.3 is 5.97 Å². The zero-order valence-corrected chi connectivity index (χ0v) is 9.06. The van der Waals surface area contributed by atoms with Gasteiger partial charge < -0.3 is 9.84 Å². The summed E-state index contributed by atoms with van der Waals surface area (Å²) in [6, 6.07) is 6.78. The number of nitriles is 1. The van der Waals surface area contributed by atoms with Crippen molar-refractivity contribution in [3.8, 4) is 11.8 Å². The Morgan fingerprint density at radius 2 is 2.31 bits per heavy atom. The first kappa shape index (κ1) is 12.1. The van der Waals surface area contributed by atoms with Gasteiger partial charge in [-0.2, -0.15) is 5.26 Å². The number of aromatic hydroxyl groups is 1. The minimum atomic E-state index is -0.238. The maximum Gasteiger partial charge on any atom is 0.305 e. The second kappa shape index (κ2) is 5.76. The number of benzene rings is 1. The summed E-state index contributed by atoms with van der Waals surface area (Å²) in [4.78, 5) is 10.9. The number of nitrogens with zero attached hydrogens (tertiary/aromatic N) is 1. The number of phenolic OH excluding ortho intramolecular Hbond substituents is 1. The summed E-state index contributed by atoms with van der Waals surface area (Å²) in [7, 11) is 1.36. The smallest absolute Gasteiger partial charge is 0.305 e. The fourth-order valence-corrected chi connectivity index (χ4v) is 1.37. The number of ether oxygens (including phenoxy) is 1. The summed E-state index contributed by atoms with van der Waals surface area (Å²) in [5.74, 6) is -0.254. The zero-order chi connectivity index (χ0) is 12.0. The third-order valence-corrected chi connectivity index (χ3v) is 2.26. The van der Waals surface area contributed by atoms with Crippen LogP contribution in [0.2, 0.25) is 0 Å². The Morgan fingerprint density at radius 1 is 1.56 bits per heavy atom. The van der Waals surface area contributed by atoms with E-state index in [0.717, 1.165) is 5.56 Å². The normalized spacial score (nSPS) is 9.50. The zero-order valence-electron chi connectivity index (χ0n) is 9.06. The van der Waals surface area contributed by atoms with Gasteiger partial charge in [-0.25, -0.2) is 0 Å². The van der Waals surface area contributed by atoms with E-state index in [-0.39, 0.29) is 17.3 Å². The van der Waals surface area contributed by atoms with Crippen LogP contribution in [-0.2, 0) is 16.0 Å². The highest BCUT2D eigenvalue weighted by atomic mass is 16.5. The number of methoxy groups -OCH3 is 1. The maximum atomic E-state index is 10.9. The van der Waals surface area contributed by atoms with Crippen molar-refractivity contribution in [2.24, 2.45) is 0 Å². The summed E-state index contributed by atoms with van der Waals surface area (Å²) < 4.78 is 4.52. The Balaban J connectivity index is 2.53. The molecule has 0 bridgehead atoms. The molecule has 0 aliphatic rings. The molecule has 4 heteroatoms. The Bertz CT molecular complexity index is 421. The highest BCUT2D eigenvalue weighted by Crippen LogP contribution is 2.18. The number of hydrogen-bond acceptors (Lipinski definition) is 4. The summed E-state index contributed by atoms with van der Waals surface area (Å²) >= 11 is 0. The molecular weight excluding hydrogens is 206 g/mol. The van der Waals surface area contributed by atoms with E-state index < -0.39 is 0 Å². The lowest BCUT2D eigenvalue weighted by Crippen LogP contribution is -2.00. The molecule has 0 fully saturated rings. The summed E-state index contributed by atoms with van der Waals surface area (Å²) in [6.07, 6.45) is 1.70. The molecule has 0 spiro atoms. The molecule has 0 saturated heterocycles. The van der Waals surface area contributed by atoms with Crippen molar-refractivity contribution < 1.29 is 14.6 Å². The molecule has 1 aromatic carbocycles. The molecular formula is C12H13NO3.